The number of nitrogens with zero attached hydrogens (tertiary/aromatic N) is 3. The van der Waals surface area contributed by atoms with Crippen LogP contribution in [-0.2, 0) is 0 Å². The molecule has 0 unspecified atom stereocenters. The largest absolute Gasteiger partial charge is 0.340 e. The van der Waals surface area contributed by atoms with Gasteiger partial charge in [0.2, 0.25) is 5.95 Å². The van der Waals surface area contributed by atoms with Crippen molar-refractivity contribution in [2.75, 3.05) is 18.4 Å². The Morgan fingerprint density at radius 3 is 2.95 bits per heavy atom. The summed E-state index contributed by atoms with van der Waals surface area (Å²) in [6.45, 7) is 1.95. The summed E-state index contributed by atoms with van der Waals surface area (Å²) in [6, 6.07) is 5.61. The van der Waals surface area contributed by atoms with Crippen LogP contribution in [0.4, 0.5) is 5.95 Å². The van der Waals surface area contributed by atoms with Gasteiger partial charge in [-0.2, -0.15) is 0 Å². The third kappa shape index (κ3) is 3.22. The molecule has 0 aliphatic carbocycles. The Labute approximate surface area is 127 Å². The topological polar surface area (TPSA) is 71.8 Å². The van der Waals surface area contributed by atoms with E-state index in [1.807, 2.05) is 22.9 Å². The first-order chi connectivity index (χ1) is 10.2. The van der Waals surface area contributed by atoms with Crippen molar-refractivity contribution >= 4 is 23.5 Å². The average molecular weight is 306 g/mol. The molecule has 3 heterocycles. The van der Waals surface area contributed by atoms with Gasteiger partial charge in [-0.05, 0) is 44.1 Å². The number of carbonyl (C=O) groups excluding carboxylic acids is 1. The number of hydrogen-bond donors (Lipinski definition) is 2. The van der Waals surface area contributed by atoms with E-state index in [-0.39, 0.29) is 11.9 Å². The van der Waals surface area contributed by atoms with E-state index in [0.717, 1.165) is 25.9 Å². The fourth-order valence-corrected chi connectivity index (χ4v) is 2.69. The van der Waals surface area contributed by atoms with E-state index in [9.17, 15) is 4.79 Å². The van der Waals surface area contributed by atoms with Crippen molar-refractivity contribution in [2.24, 2.45) is 0 Å². The number of rotatable bonds is 3. The zero-order chi connectivity index (χ0) is 14.7. The second kappa shape index (κ2) is 6.24. The maximum absolute atomic E-state index is 12.4. The average Bonchev–Trinajstić information content (AvgIpc) is 2.98. The first kappa shape index (κ1) is 14.0. The molecule has 3 rings (SSSR count). The Hall–Kier alpha value is -1.92. The van der Waals surface area contributed by atoms with Gasteiger partial charge in [-0.3, -0.25) is 10.1 Å². The number of nitrogens with one attached hydrogen (secondary N) is 2. The Morgan fingerprint density at radius 2 is 2.19 bits per heavy atom. The van der Waals surface area contributed by atoms with Gasteiger partial charge in [0.15, 0.2) is 0 Å². The number of carbonyl (C=O) groups is 1. The molecule has 0 bridgehead atoms. The molecule has 110 valence electrons. The second-order valence-corrected chi connectivity index (χ2v) is 5.33. The molecule has 21 heavy (non-hydrogen) atoms. The van der Waals surface area contributed by atoms with Crippen LogP contribution in [0, 0.1) is 0 Å². The maximum atomic E-state index is 12.4. The highest BCUT2D eigenvalue weighted by atomic mass is 35.5. The zero-order valence-corrected chi connectivity index (χ0v) is 12.2. The molecule has 1 aliphatic heterocycles. The molecule has 0 spiro atoms. The van der Waals surface area contributed by atoms with Crippen molar-refractivity contribution < 1.29 is 4.79 Å². The molecule has 2 N–H and O–H groups in total. The summed E-state index contributed by atoms with van der Waals surface area (Å²) >= 11 is 5.79. The normalized spacial score (nSPS) is 15.9. The first-order valence-corrected chi connectivity index (χ1v) is 7.29. The van der Waals surface area contributed by atoms with Gasteiger partial charge in [0.1, 0.15) is 10.8 Å². The van der Waals surface area contributed by atoms with Crippen LogP contribution < -0.4 is 10.6 Å². The van der Waals surface area contributed by atoms with E-state index >= 15 is 0 Å². The van der Waals surface area contributed by atoms with Crippen molar-refractivity contribution in [1.29, 1.82) is 0 Å². The fraction of sp³-hybridized carbons (Fsp3) is 0.357. The number of anilines is 1. The van der Waals surface area contributed by atoms with Gasteiger partial charge >= 0.3 is 0 Å². The van der Waals surface area contributed by atoms with E-state index in [1.165, 1.54) is 6.20 Å². The number of aromatic nitrogens is 3. The summed E-state index contributed by atoms with van der Waals surface area (Å²) in [6.07, 6.45) is 5.49. The monoisotopic (exact) mass is 305 g/mol. The highest BCUT2D eigenvalue weighted by Gasteiger charge is 2.20. The quantitative estimate of drug-likeness (QED) is 0.852. The van der Waals surface area contributed by atoms with Gasteiger partial charge in [-0.1, -0.05) is 11.6 Å². The smallest absolute Gasteiger partial charge is 0.274 e. The van der Waals surface area contributed by atoms with Crippen LogP contribution in [0.2, 0.25) is 5.15 Å². The van der Waals surface area contributed by atoms with E-state index in [4.69, 9.17) is 11.6 Å². The standard InChI is InChI=1S/C14H16ClN5O/c15-12-5-8-17-14(18-12)19-13(21)11-2-1-9-20(11)10-3-6-16-7-4-10/h1-2,5,8-10,16H,3-4,6-7H2,(H,17,18,19,21). The minimum absolute atomic E-state index is 0.213. The van der Waals surface area contributed by atoms with Crippen LogP contribution in [0.3, 0.4) is 0 Å². The van der Waals surface area contributed by atoms with Crippen molar-refractivity contribution in [2.45, 2.75) is 18.9 Å². The lowest BCUT2D eigenvalue weighted by Gasteiger charge is -2.25. The van der Waals surface area contributed by atoms with Gasteiger partial charge < -0.3 is 9.88 Å². The number of halogens is 1. The Balaban J connectivity index is 1.77. The van der Waals surface area contributed by atoms with Gasteiger partial charge in [0, 0.05) is 18.4 Å². The molecule has 1 saturated heterocycles. The Bertz CT molecular complexity index is 636. The van der Waals surface area contributed by atoms with E-state index < -0.39 is 0 Å². The zero-order valence-electron chi connectivity index (χ0n) is 11.4. The molecule has 2 aromatic rings. The van der Waals surface area contributed by atoms with Crippen LogP contribution in [0.1, 0.15) is 29.4 Å². The van der Waals surface area contributed by atoms with Crippen LogP contribution in [-0.4, -0.2) is 33.5 Å². The summed E-state index contributed by atoms with van der Waals surface area (Å²) in [4.78, 5) is 20.3. The lowest BCUT2D eigenvalue weighted by atomic mass is 10.1. The SMILES string of the molecule is O=C(Nc1nccc(Cl)n1)c1cccn1C1CCNCC1. The fourth-order valence-electron chi connectivity index (χ4n) is 2.55. The van der Waals surface area contributed by atoms with E-state index in [1.54, 1.807) is 6.07 Å². The van der Waals surface area contributed by atoms with Gasteiger partial charge in [-0.15, -0.1) is 0 Å². The molecule has 1 aliphatic rings. The molecular formula is C14H16ClN5O. The van der Waals surface area contributed by atoms with Crippen molar-refractivity contribution in [3.63, 3.8) is 0 Å². The third-order valence-corrected chi connectivity index (χ3v) is 3.77. The molecule has 0 saturated carbocycles. The molecular weight excluding hydrogens is 290 g/mol. The predicted octanol–water partition coefficient (Wildman–Crippen LogP) is 2.11. The van der Waals surface area contributed by atoms with Crippen molar-refractivity contribution in [3.8, 4) is 0 Å². The summed E-state index contributed by atoms with van der Waals surface area (Å²) in [5.74, 6) is -0.00800. The number of amides is 1. The number of piperidine rings is 1. The van der Waals surface area contributed by atoms with E-state index in [2.05, 4.69) is 20.6 Å². The molecule has 0 atom stereocenters. The minimum Gasteiger partial charge on any atom is -0.340 e. The predicted molar refractivity (Wildman–Crippen MR) is 80.6 cm³/mol. The van der Waals surface area contributed by atoms with Gasteiger partial charge in [0.05, 0.1) is 0 Å². The van der Waals surface area contributed by atoms with Gasteiger partial charge in [0.25, 0.3) is 5.91 Å². The Kier molecular flexibility index (Phi) is 4.17. The Morgan fingerprint density at radius 1 is 1.38 bits per heavy atom. The number of hydrogen-bond acceptors (Lipinski definition) is 4. The molecule has 1 fully saturated rings. The molecule has 0 radical (unpaired) electrons. The minimum atomic E-state index is -0.221. The van der Waals surface area contributed by atoms with E-state index in [0.29, 0.717) is 16.9 Å². The summed E-state index contributed by atoms with van der Waals surface area (Å²) in [7, 11) is 0. The van der Waals surface area contributed by atoms with Crippen LogP contribution in [0.5, 0.6) is 0 Å². The molecule has 0 aromatic carbocycles. The summed E-state index contributed by atoms with van der Waals surface area (Å²) < 4.78 is 2.03. The van der Waals surface area contributed by atoms with Gasteiger partial charge in [-0.25, -0.2) is 9.97 Å². The van der Waals surface area contributed by atoms with Crippen LogP contribution in [0.25, 0.3) is 0 Å². The molecule has 2 aromatic heterocycles. The molecule has 7 heteroatoms. The highest BCUT2D eigenvalue weighted by Crippen LogP contribution is 2.21. The van der Waals surface area contributed by atoms with Crippen molar-refractivity contribution in [1.82, 2.24) is 19.9 Å². The first-order valence-electron chi connectivity index (χ1n) is 6.91. The third-order valence-electron chi connectivity index (χ3n) is 3.56. The molecule has 1 amide bonds. The summed E-state index contributed by atoms with van der Waals surface area (Å²) in [5, 5.41) is 6.31. The summed E-state index contributed by atoms with van der Waals surface area (Å²) in [5.41, 5.74) is 0.616. The lowest BCUT2D eigenvalue weighted by molar-refractivity contribution is 0.101. The van der Waals surface area contributed by atoms with Crippen LogP contribution >= 0.6 is 11.6 Å². The highest BCUT2D eigenvalue weighted by molar-refractivity contribution is 6.29. The lowest BCUT2D eigenvalue weighted by Crippen LogP contribution is -2.31. The van der Waals surface area contributed by atoms with Crippen LogP contribution in [0.15, 0.2) is 30.6 Å². The van der Waals surface area contributed by atoms with Crippen molar-refractivity contribution in [3.05, 3.63) is 41.4 Å². The molecule has 6 nitrogen and oxygen atoms in total. The maximum Gasteiger partial charge on any atom is 0.274 e. The second-order valence-electron chi connectivity index (χ2n) is 4.94.